The molecule has 102 valence electrons. The largest absolute Gasteiger partial charge is 0.391 e. The quantitative estimate of drug-likeness (QED) is 0.870. The molecule has 2 rings (SSSR count). The second-order valence-electron chi connectivity index (χ2n) is 4.39. The topological polar surface area (TPSA) is 75.6 Å². The van der Waals surface area contributed by atoms with Crippen molar-refractivity contribution in [2.75, 3.05) is 6.61 Å². The van der Waals surface area contributed by atoms with Crippen LogP contribution in [-0.2, 0) is 21.4 Å². The fourth-order valence-corrected chi connectivity index (χ4v) is 4.65. The van der Waals surface area contributed by atoms with Crippen LogP contribution in [0.2, 0.25) is 0 Å². The highest BCUT2D eigenvalue weighted by molar-refractivity contribution is 7.89. The van der Waals surface area contributed by atoms with Gasteiger partial charge in [-0.15, -0.1) is 11.3 Å². The molecule has 2 unspecified atom stereocenters. The van der Waals surface area contributed by atoms with Gasteiger partial charge in [0.25, 0.3) is 0 Å². The van der Waals surface area contributed by atoms with E-state index in [1.54, 1.807) is 5.38 Å². The summed E-state index contributed by atoms with van der Waals surface area (Å²) in [6.45, 7) is 2.26. The van der Waals surface area contributed by atoms with Gasteiger partial charge in [0.2, 0.25) is 10.0 Å². The average molecular weight is 291 g/mol. The number of aliphatic hydroxyl groups is 1. The lowest BCUT2D eigenvalue weighted by molar-refractivity contribution is 0.0173. The van der Waals surface area contributed by atoms with Crippen LogP contribution >= 0.6 is 11.3 Å². The number of hydrogen-bond donors (Lipinski definition) is 2. The first kappa shape index (κ1) is 14.0. The molecule has 7 heteroatoms. The summed E-state index contributed by atoms with van der Waals surface area (Å²) in [6, 6.07) is 1.44. The molecule has 1 fully saturated rings. The van der Waals surface area contributed by atoms with E-state index in [2.05, 4.69) is 4.72 Å². The number of sulfonamides is 1. The van der Waals surface area contributed by atoms with E-state index in [9.17, 15) is 8.42 Å². The Morgan fingerprint density at radius 3 is 3.06 bits per heavy atom. The number of rotatable bonds is 4. The molecule has 1 aromatic heterocycles. The molecule has 0 spiro atoms. The number of nitrogens with one attached hydrogen (secondary N) is 1. The molecule has 0 aliphatic carbocycles. The van der Waals surface area contributed by atoms with Gasteiger partial charge in [0.05, 0.1) is 17.6 Å². The van der Waals surface area contributed by atoms with Crippen LogP contribution < -0.4 is 4.72 Å². The predicted octanol–water partition coefficient (Wildman–Crippen LogP) is 1.09. The highest BCUT2D eigenvalue weighted by Crippen LogP contribution is 2.23. The third-order valence-corrected chi connectivity index (χ3v) is 5.58. The minimum atomic E-state index is -3.54. The molecule has 1 aromatic rings. The molecule has 0 saturated carbocycles. The first-order chi connectivity index (χ1) is 8.53. The maximum Gasteiger partial charge on any atom is 0.242 e. The van der Waals surface area contributed by atoms with Gasteiger partial charge >= 0.3 is 0 Å². The molecule has 2 atom stereocenters. The molecule has 0 radical (unpaired) electrons. The first-order valence-corrected chi connectivity index (χ1v) is 8.20. The second-order valence-corrected chi connectivity index (χ2v) is 7.07. The van der Waals surface area contributed by atoms with Gasteiger partial charge < -0.3 is 9.84 Å². The van der Waals surface area contributed by atoms with Gasteiger partial charge in [-0.3, -0.25) is 0 Å². The van der Waals surface area contributed by atoms with Gasteiger partial charge in [0.15, 0.2) is 0 Å². The normalized spacial score (nSPS) is 25.2. The van der Waals surface area contributed by atoms with Crippen LogP contribution in [0, 0.1) is 0 Å². The van der Waals surface area contributed by atoms with Gasteiger partial charge in [-0.25, -0.2) is 13.1 Å². The summed E-state index contributed by atoms with van der Waals surface area (Å²) in [7, 11) is -3.54. The van der Waals surface area contributed by atoms with Crippen LogP contribution in [0.3, 0.4) is 0 Å². The van der Waals surface area contributed by atoms with Crippen molar-refractivity contribution in [3.8, 4) is 0 Å². The summed E-state index contributed by atoms with van der Waals surface area (Å²) >= 11 is 1.25. The zero-order valence-corrected chi connectivity index (χ0v) is 11.8. The van der Waals surface area contributed by atoms with Gasteiger partial charge in [-0.05, 0) is 31.2 Å². The van der Waals surface area contributed by atoms with Gasteiger partial charge in [0.1, 0.15) is 0 Å². The first-order valence-electron chi connectivity index (χ1n) is 5.84. The molecular formula is C11H17NO4S2. The Morgan fingerprint density at radius 1 is 1.61 bits per heavy atom. The smallest absolute Gasteiger partial charge is 0.242 e. The van der Waals surface area contributed by atoms with Crippen molar-refractivity contribution < 1.29 is 18.3 Å². The molecule has 1 aliphatic rings. The van der Waals surface area contributed by atoms with Gasteiger partial charge in [-0.1, -0.05) is 0 Å². The Morgan fingerprint density at radius 2 is 2.39 bits per heavy atom. The minimum Gasteiger partial charge on any atom is -0.391 e. The Kier molecular flexibility index (Phi) is 4.39. The molecule has 2 heterocycles. The molecular weight excluding hydrogens is 274 g/mol. The Balaban J connectivity index is 2.12. The van der Waals surface area contributed by atoms with Crippen LogP contribution in [0.5, 0.6) is 0 Å². The monoisotopic (exact) mass is 291 g/mol. The third kappa shape index (κ3) is 3.10. The van der Waals surface area contributed by atoms with Crippen LogP contribution in [-0.4, -0.2) is 32.3 Å². The fourth-order valence-electron chi connectivity index (χ4n) is 2.07. The van der Waals surface area contributed by atoms with E-state index in [1.807, 2.05) is 6.92 Å². The number of thiophene rings is 1. The van der Waals surface area contributed by atoms with E-state index in [-0.39, 0.29) is 23.6 Å². The highest BCUT2D eigenvalue weighted by Gasteiger charge is 2.26. The van der Waals surface area contributed by atoms with Crippen molar-refractivity contribution in [3.05, 3.63) is 16.3 Å². The van der Waals surface area contributed by atoms with E-state index in [4.69, 9.17) is 9.84 Å². The van der Waals surface area contributed by atoms with E-state index in [0.717, 1.165) is 0 Å². The van der Waals surface area contributed by atoms with Crippen molar-refractivity contribution >= 4 is 21.4 Å². The van der Waals surface area contributed by atoms with Gasteiger partial charge in [-0.2, -0.15) is 0 Å². The molecule has 1 aliphatic heterocycles. The molecule has 0 aromatic carbocycles. The maximum atomic E-state index is 12.2. The molecule has 18 heavy (non-hydrogen) atoms. The van der Waals surface area contributed by atoms with E-state index >= 15 is 0 Å². The minimum absolute atomic E-state index is 0.0752. The van der Waals surface area contributed by atoms with E-state index in [0.29, 0.717) is 24.3 Å². The lowest BCUT2D eigenvalue weighted by Crippen LogP contribution is -2.41. The summed E-state index contributed by atoms with van der Waals surface area (Å²) in [5.74, 6) is 0. The zero-order chi connectivity index (χ0) is 13.2. The molecule has 0 amide bonds. The summed E-state index contributed by atoms with van der Waals surface area (Å²) in [5.41, 5.74) is 0. The molecule has 1 saturated heterocycles. The number of ether oxygens (including phenoxy) is 1. The fraction of sp³-hybridized carbons (Fsp3) is 0.636. The second kappa shape index (κ2) is 5.66. The van der Waals surface area contributed by atoms with E-state index < -0.39 is 10.0 Å². The SMILES string of the molecule is CC1CC(NS(=O)(=O)c2ccsc2CO)CCO1. The van der Waals surface area contributed by atoms with Crippen LogP contribution in [0.25, 0.3) is 0 Å². The Bertz CT molecular complexity index is 497. The Labute approximate surface area is 111 Å². The highest BCUT2D eigenvalue weighted by atomic mass is 32.2. The molecule has 5 nitrogen and oxygen atoms in total. The lowest BCUT2D eigenvalue weighted by Gasteiger charge is -2.27. The van der Waals surface area contributed by atoms with Gasteiger partial charge in [0, 0.05) is 17.5 Å². The summed E-state index contributed by atoms with van der Waals surface area (Å²) in [4.78, 5) is 0.664. The Hall–Kier alpha value is -0.470. The van der Waals surface area contributed by atoms with E-state index in [1.165, 1.54) is 17.4 Å². The van der Waals surface area contributed by atoms with Crippen LogP contribution in [0.1, 0.15) is 24.6 Å². The van der Waals surface area contributed by atoms with Crippen molar-refractivity contribution in [2.45, 2.75) is 43.4 Å². The standard InChI is InChI=1S/C11H17NO4S2/c1-8-6-9(2-4-16-8)12-18(14,15)11-3-5-17-10(11)7-13/h3,5,8-9,12-13H,2,4,6-7H2,1H3. The molecule has 0 bridgehead atoms. The van der Waals surface area contributed by atoms with Crippen LogP contribution in [0.4, 0.5) is 0 Å². The maximum absolute atomic E-state index is 12.2. The van der Waals surface area contributed by atoms with Crippen molar-refractivity contribution in [2.24, 2.45) is 0 Å². The average Bonchev–Trinajstić information content (AvgIpc) is 2.77. The lowest BCUT2D eigenvalue weighted by atomic mass is 10.1. The van der Waals surface area contributed by atoms with Crippen molar-refractivity contribution in [3.63, 3.8) is 0 Å². The molecule has 2 N–H and O–H groups in total. The summed E-state index contributed by atoms with van der Waals surface area (Å²) in [6.07, 6.45) is 1.44. The predicted molar refractivity (Wildman–Crippen MR) is 69.0 cm³/mol. The number of aliphatic hydroxyl groups excluding tert-OH is 1. The van der Waals surface area contributed by atoms with Crippen LogP contribution in [0.15, 0.2) is 16.3 Å². The number of hydrogen-bond acceptors (Lipinski definition) is 5. The zero-order valence-electron chi connectivity index (χ0n) is 10.1. The third-order valence-electron chi connectivity index (χ3n) is 2.94. The van der Waals surface area contributed by atoms with Crippen molar-refractivity contribution in [1.29, 1.82) is 0 Å². The summed E-state index contributed by atoms with van der Waals surface area (Å²) < 4.78 is 32.5. The van der Waals surface area contributed by atoms with Crippen molar-refractivity contribution in [1.82, 2.24) is 4.72 Å². The summed E-state index contributed by atoms with van der Waals surface area (Å²) in [5, 5.41) is 10.8.